The summed E-state index contributed by atoms with van der Waals surface area (Å²) in [6.45, 7) is 6.74. The molecule has 0 aromatic heterocycles. The molecule has 1 nitrogen and oxygen atoms in total. The summed E-state index contributed by atoms with van der Waals surface area (Å²) in [6, 6.07) is 0. The van der Waals surface area contributed by atoms with Crippen LogP contribution in [0.2, 0.25) is 0 Å². The van der Waals surface area contributed by atoms with Gasteiger partial charge in [0.05, 0.1) is 6.10 Å². The van der Waals surface area contributed by atoms with Gasteiger partial charge in [-0.15, -0.1) is 0 Å². The Labute approximate surface area is 69.4 Å². The van der Waals surface area contributed by atoms with E-state index in [1.165, 1.54) is 12.0 Å². The SMILES string of the molecule is COC1CC(C)=C(C)[C@@H](C)C1. The molecule has 0 bridgehead atoms. The molecule has 1 aliphatic rings. The van der Waals surface area contributed by atoms with Crippen molar-refractivity contribution in [2.24, 2.45) is 5.92 Å². The molecule has 0 spiro atoms. The van der Waals surface area contributed by atoms with Crippen LogP contribution >= 0.6 is 0 Å². The number of hydrogen-bond donors (Lipinski definition) is 0. The Morgan fingerprint density at radius 2 is 2.00 bits per heavy atom. The van der Waals surface area contributed by atoms with Gasteiger partial charge < -0.3 is 4.74 Å². The van der Waals surface area contributed by atoms with Crippen molar-refractivity contribution in [3.8, 4) is 0 Å². The second-order valence-corrected chi connectivity index (χ2v) is 3.66. The van der Waals surface area contributed by atoms with E-state index in [4.69, 9.17) is 4.74 Å². The highest BCUT2D eigenvalue weighted by molar-refractivity contribution is 5.16. The molecule has 0 saturated heterocycles. The smallest absolute Gasteiger partial charge is 0.0614 e. The fraction of sp³-hybridized carbons (Fsp3) is 0.800. The van der Waals surface area contributed by atoms with Gasteiger partial charge in [0.1, 0.15) is 0 Å². The summed E-state index contributed by atoms with van der Waals surface area (Å²) in [5.74, 6) is 0.716. The number of rotatable bonds is 1. The quantitative estimate of drug-likeness (QED) is 0.528. The first-order valence-electron chi connectivity index (χ1n) is 4.34. The molecule has 0 aromatic rings. The van der Waals surface area contributed by atoms with Gasteiger partial charge in [0.15, 0.2) is 0 Å². The number of methoxy groups -OCH3 is 1. The van der Waals surface area contributed by atoms with Gasteiger partial charge in [-0.05, 0) is 32.6 Å². The molecule has 1 aliphatic carbocycles. The largest absolute Gasteiger partial charge is 0.381 e. The van der Waals surface area contributed by atoms with Gasteiger partial charge in [0, 0.05) is 7.11 Å². The molecule has 1 unspecified atom stereocenters. The fourth-order valence-electron chi connectivity index (χ4n) is 1.76. The molecule has 64 valence electrons. The highest BCUT2D eigenvalue weighted by Gasteiger charge is 2.21. The summed E-state index contributed by atoms with van der Waals surface area (Å²) in [4.78, 5) is 0. The maximum atomic E-state index is 5.35. The van der Waals surface area contributed by atoms with Crippen LogP contribution in [0.4, 0.5) is 0 Å². The Kier molecular flexibility index (Phi) is 2.72. The average Bonchev–Trinajstić information content (AvgIpc) is 1.99. The predicted octanol–water partition coefficient (Wildman–Crippen LogP) is 2.77. The Bertz CT molecular complexity index is 170. The van der Waals surface area contributed by atoms with Crippen molar-refractivity contribution in [3.05, 3.63) is 11.1 Å². The van der Waals surface area contributed by atoms with Gasteiger partial charge in [-0.1, -0.05) is 18.1 Å². The average molecular weight is 154 g/mol. The van der Waals surface area contributed by atoms with Gasteiger partial charge in [-0.3, -0.25) is 0 Å². The highest BCUT2D eigenvalue weighted by Crippen LogP contribution is 2.30. The summed E-state index contributed by atoms with van der Waals surface area (Å²) in [5.41, 5.74) is 3.09. The summed E-state index contributed by atoms with van der Waals surface area (Å²) in [7, 11) is 1.81. The van der Waals surface area contributed by atoms with Crippen LogP contribution in [-0.2, 0) is 4.74 Å². The minimum atomic E-state index is 0.466. The van der Waals surface area contributed by atoms with E-state index in [1.807, 2.05) is 7.11 Å². The molecule has 0 saturated carbocycles. The molecule has 2 atom stereocenters. The van der Waals surface area contributed by atoms with E-state index in [-0.39, 0.29) is 0 Å². The third-order valence-corrected chi connectivity index (χ3v) is 2.90. The van der Waals surface area contributed by atoms with Crippen LogP contribution in [0.25, 0.3) is 0 Å². The Hall–Kier alpha value is -0.300. The van der Waals surface area contributed by atoms with E-state index in [0.29, 0.717) is 12.0 Å². The molecule has 0 N–H and O–H groups in total. The lowest BCUT2D eigenvalue weighted by Gasteiger charge is -2.28. The van der Waals surface area contributed by atoms with Crippen LogP contribution in [0.1, 0.15) is 33.6 Å². The van der Waals surface area contributed by atoms with Crippen LogP contribution in [0.5, 0.6) is 0 Å². The molecule has 0 aliphatic heterocycles. The zero-order chi connectivity index (χ0) is 8.43. The first-order valence-corrected chi connectivity index (χ1v) is 4.34. The van der Waals surface area contributed by atoms with Gasteiger partial charge >= 0.3 is 0 Å². The molecule has 0 radical (unpaired) electrons. The third-order valence-electron chi connectivity index (χ3n) is 2.90. The van der Waals surface area contributed by atoms with Crippen molar-refractivity contribution in [1.29, 1.82) is 0 Å². The molecule has 1 rings (SSSR count). The normalized spacial score (nSPS) is 32.7. The lowest BCUT2D eigenvalue weighted by molar-refractivity contribution is 0.0802. The summed E-state index contributed by atoms with van der Waals surface area (Å²) < 4.78 is 5.35. The molecule has 0 heterocycles. The molecule has 1 heteroatoms. The maximum Gasteiger partial charge on any atom is 0.0614 e. The predicted molar refractivity (Wildman–Crippen MR) is 47.6 cm³/mol. The van der Waals surface area contributed by atoms with Crippen molar-refractivity contribution in [2.75, 3.05) is 7.11 Å². The van der Waals surface area contributed by atoms with Crippen LogP contribution in [-0.4, -0.2) is 13.2 Å². The Balaban J connectivity index is 2.68. The van der Waals surface area contributed by atoms with Crippen molar-refractivity contribution >= 4 is 0 Å². The van der Waals surface area contributed by atoms with Crippen LogP contribution in [0, 0.1) is 5.92 Å². The molecular weight excluding hydrogens is 136 g/mol. The van der Waals surface area contributed by atoms with Crippen molar-refractivity contribution < 1.29 is 4.74 Å². The fourth-order valence-corrected chi connectivity index (χ4v) is 1.76. The molecule has 0 fully saturated rings. The molecule has 0 amide bonds. The first kappa shape index (κ1) is 8.79. The standard InChI is InChI=1S/C10H18O/c1-7-5-10(11-4)6-8(2)9(7)3/h7,10H,5-6H2,1-4H3/t7-,10?/m0/s1. The minimum absolute atomic E-state index is 0.466. The third kappa shape index (κ3) is 1.84. The van der Waals surface area contributed by atoms with Gasteiger partial charge in [-0.25, -0.2) is 0 Å². The summed E-state index contributed by atoms with van der Waals surface area (Å²) in [6.07, 6.45) is 2.79. The second-order valence-electron chi connectivity index (χ2n) is 3.66. The monoisotopic (exact) mass is 154 g/mol. The lowest BCUT2D eigenvalue weighted by Crippen LogP contribution is -2.21. The maximum absolute atomic E-state index is 5.35. The van der Waals surface area contributed by atoms with Gasteiger partial charge in [0.2, 0.25) is 0 Å². The lowest BCUT2D eigenvalue weighted by atomic mass is 9.84. The van der Waals surface area contributed by atoms with Crippen LogP contribution < -0.4 is 0 Å². The number of hydrogen-bond acceptors (Lipinski definition) is 1. The van der Waals surface area contributed by atoms with E-state index < -0.39 is 0 Å². The van der Waals surface area contributed by atoms with Crippen molar-refractivity contribution in [1.82, 2.24) is 0 Å². The van der Waals surface area contributed by atoms with Crippen LogP contribution in [0.15, 0.2) is 11.1 Å². The van der Waals surface area contributed by atoms with E-state index in [2.05, 4.69) is 20.8 Å². The Morgan fingerprint density at radius 1 is 1.36 bits per heavy atom. The molecule has 0 aromatic carbocycles. The highest BCUT2D eigenvalue weighted by atomic mass is 16.5. The Morgan fingerprint density at radius 3 is 2.45 bits per heavy atom. The second kappa shape index (κ2) is 3.40. The zero-order valence-corrected chi connectivity index (χ0v) is 7.98. The number of ether oxygens (including phenoxy) is 1. The molecular formula is C10H18O. The van der Waals surface area contributed by atoms with E-state index in [0.717, 1.165) is 6.42 Å². The van der Waals surface area contributed by atoms with Crippen molar-refractivity contribution in [3.63, 3.8) is 0 Å². The number of allylic oxidation sites excluding steroid dienone is 1. The topological polar surface area (TPSA) is 9.23 Å². The zero-order valence-electron chi connectivity index (χ0n) is 7.98. The van der Waals surface area contributed by atoms with Crippen molar-refractivity contribution in [2.45, 2.75) is 39.7 Å². The van der Waals surface area contributed by atoms with Gasteiger partial charge in [0.25, 0.3) is 0 Å². The van der Waals surface area contributed by atoms with E-state index >= 15 is 0 Å². The first-order chi connectivity index (χ1) is 5.15. The van der Waals surface area contributed by atoms with Crippen LogP contribution in [0.3, 0.4) is 0 Å². The minimum Gasteiger partial charge on any atom is -0.381 e. The van der Waals surface area contributed by atoms with Gasteiger partial charge in [-0.2, -0.15) is 0 Å². The van der Waals surface area contributed by atoms with E-state index in [9.17, 15) is 0 Å². The summed E-state index contributed by atoms with van der Waals surface area (Å²) >= 11 is 0. The molecule has 11 heavy (non-hydrogen) atoms. The van der Waals surface area contributed by atoms with E-state index in [1.54, 1.807) is 5.57 Å². The summed E-state index contributed by atoms with van der Waals surface area (Å²) in [5, 5.41) is 0.